The minimum atomic E-state index is 0.236. The molecule has 1 unspecified atom stereocenters. The quantitative estimate of drug-likeness (QED) is 0.635. The molecule has 0 aromatic heterocycles. The summed E-state index contributed by atoms with van der Waals surface area (Å²) < 4.78 is 5.10. The van der Waals surface area contributed by atoms with Crippen LogP contribution in [0.25, 0.3) is 0 Å². The molecule has 0 aromatic rings. The second-order valence-corrected chi connectivity index (χ2v) is 3.21. The van der Waals surface area contributed by atoms with E-state index in [9.17, 15) is 0 Å². The Kier molecular flexibility index (Phi) is 4.74. The van der Waals surface area contributed by atoms with Crippen LogP contribution in [0.5, 0.6) is 0 Å². The van der Waals surface area contributed by atoms with Crippen LogP contribution in [0.15, 0.2) is 0 Å². The van der Waals surface area contributed by atoms with Crippen LogP contribution in [0.2, 0.25) is 0 Å². The monoisotopic (exact) mass is 168 g/mol. The molecule has 1 aliphatic rings. The van der Waals surface area contributed by atoms with Gasteiger partial charge in [-0.2, -0.15) is 5.26 Å². The molecule has 0 spiro atoms. The number of nitriles is 1. The fourth-order valence-corrected chi connectivity index (χ4v) is 1.54. The van der Waals surface area contributed by atoms with Gasteiger partial charge in [0.2, 0.25) is 0 Å². The van der Waals surface area contributed by atoms with E-state index in [2.05, 4.69) is 5.32 Å². The minimum absolute atomic E-state index is 0.236. The van der Waals surface area contributed by atoms with Gasteiger partial charge in [-0.3, -0.25) is 0 Å². The molecule has 1 rings (SSSR count). The van der Waals surface area contributed by atoms with Gasteiger partial charge in [-0.25, -0.2) is 0 Å². The van der Waals surface area contributed by atoms with Crippen molar-refractivity contribution in [3.8, 4) is 6.07 Å². The highest BCUT2D eigenvalue weighted by Crippen LogP contribution is 2.13. The maximum absolute atomic E-state index is 8.22. The fourth-order valence-electron chi connectivity index (χ4n) is 1.54. The summed E-state index contributed by atoms with van der Waals surface area (Å²) in [6.07, 6.45) is 3.68. The molecule has 0 amide bonds. The maximum atomic E-state index is 8.22. The lowest BCUT2D eigenvalue weighted by Gasteiger charge is -2.22. The second-order valence-electron chi connectivity index (χ2n) is 3.21. The van der Waals surface area contributed by atoms with Crippen LogP contribution < -0.4 is 5.32 Å². The predicted molar refractivity (Wildman–Crippen MR) is 46.6 cm³/mol. The summed E-state index contributed by atoms with van der Waals surface area (Å²) in [6.45, 7) is 3.26. The summed E-state index contributed by atoms with van der Waals surface area (Å²) in [7, 11) is 0. The van der Waals surface area contributed by atoms with E-state index in [1.807, 2.05) is 6.07 Å². The molecular formula is C9H16N2O. The van der Waals surface area contributed by atoms with E-state index in [0.717, 1.165) is 32.0 Å². The lowest BCUT2D eigenvalue weighted by atomic mass is 9.97. The van der Waals surface area contributed by atoms with Crippen molar-refractivity contribution in [1.82, 2.24) is 5.32 Å². The first-order valence-electron chi connectivity index (χ1n) is 4.59. The van der Waals surface area contributed by atoms with Crippen LogP contribution in [-0.4, -0.2) is 26.3 Å². The predicted octanol–water partition coefficient (Wildman–Crippen LogP) is 0.916. The minimum Gasteiger partial charge on any atom is -0.367 e. The number of ether oxygens (including phenoxy) is 1. The largest absolute Gasteiger partial charge is 0.367 e. The third kappa shape index (κ3) is 3.70. The van der Waals surface area contributed by atoms with Crippen LogP contribution >= 0.6 is 0 Å². The number of hydrogen-bond acceptors (Lipinski definition) is 3. The summed E-state index contributed by atoms with van der Waals surface area (Å²) in [4.78, 5) is 0. The van der Waals surface area contributed by atoms with Gasteiger partial charge in [-0.1, -0.05) is 0 Å². The summed E-state index contributed by atoms with van der Waals surface area (Å²) in [5.41, 5.74) is 0. The molecule has 1 N–H and O–H groups in total. The first kappa shape index (κ1) is 9.50. The van der Waals surface area contributed by atoms with Crippen molar-refractivity contribution in [2.24, 2.45) is 5.92 Å². The Morgan fingerprint density at radius 1 is 1.58 bits per heavy atom. The average Bonchev–Trinajstić information content (AvgIpc) is 2.14. The third-order valence-electron chi connectivity index (χ3n) is 2.24. The first-order chi connectivity index (χ1) is 5.93. The summed E-state index contributed by atoms with van der Waals surface area (Å²) in [6, 6.07) is 1.97. The van der Waals surface area contributed by atoms with Crippen LogP contribution in [-0.2, 0) is 4.74 Å². The summed E-state index contributed by atoms with van der Waals surface area (Å²) in [5, 5.41) is 11.6. The summed E-state index contributed by atoms with van der Waals surface area (Å²) in [5.74, 6) is 0.762. The van der Waals surface area contributed by atoms with Crippen LogP contribution in [0.3, 0.4) is 0 Å². The van der Waals surface area contributed by atoms with E-state index in [-0.39, 0.29) is 6.61 Å². The standard InChI is InChI=1S/C9H16N2O/c10-4-7-12-6-3-9-2-1-5-11-8-9/h9,11H,1-3,5-8H2. The van der Waals surface area contributed by atoms with Crippen molar-refractivity contribution in [3.63, 3.8) is 0 Å². The Morgan fingerprint density at radius 3 is 3.17 bits per heavy atom. The van der Waals surface area contributed by atoms with E-state index in [1.165, 1.54) is 12.8 Å². The van der Waals surface area contributed by atoms with Gasteiger partial charge in [0.05, 0.1) is 6.07 Å². The van der Waals surface area contributed by atoms with Crippen molar-refractivity contribution < 1.29 is 4.74 Å². The Balaban J connectivity index is 1.95. The number of hydrogen-bond donors (Lipinski definition) is 1. The molecule has 1 atom stereocenters. The van der Waals surface area contributed by atoms with Gasteiger partial charge in [0.25, 0.3) is 0 Å². The highest BCUT2D eigenvalue weighted by atomic mass is 16.5. The Bertz CT molecular complexity index is 147. The molecule has 0 saturated carbocycles. The zero-order valence-corrected chi connectivity index (χ0v) is 7.38. The number of rotatable bonds is 4. The van der Waals surface area contributed by atoms with Gasteiger partial charge >= 0.3 is 0 Å². The molecule has 3 nitrogen and oxygen atoms in total. The molecule has 0 aromatic carbocycles. The Labute approximate surface area is 73.7 Å². The maximum Gasteiger partial charge on any atom is 0.133 e. The lowest BCUT2D eigenvalue weighted by Crippen LogP contribution is -2.30. The van der Waals surface area contributed by atoms with E-state index >= 15 is 0 Å². The SMILES string of the molecule is N#CCOCCC1CCCNC1. The smallest absolute Gasteiger partial charge is 0.133 e. The molecule has 0 bridgehead atoms. The van der Waals surface area contributed by atoms with Crippen molar-refractivity contribution in [1.29, 1.82) is 5.26 Å². The fraction of sp³-hybridized carbons (Fsp3) is 0.889. The molecule has 1 heterocycles. The highest BCUT2D eigenvalue weighted by molar-refractivity contribution is 4.70. The van der Waals surface area contributed by atoms with Crippen molar-refractivity contribution in [2.45, 2.75) is 19.3 Å². The zero-order chi connectivity index (χ0) is 8.65. The Hall–Kier alpha value is -0.590. The third-order valence-corrected chi connectivity index (χ3v) is 2.24. The van der Waals surface area contributed by atoms with Crippen LogP contribution in [0.1, 0.15) is 19.3 Å². The molecule has 0 radical (unpaired) electrons. The van der Waals surface area contributed by atoms with Gasteiger partial charge in [-0.05, 0) is 38.3 Å². The topological polar surface area (TPSA) is 45.0 Å². The van der Waals surface area contributed by atoms with Gasteiger partial charge in [0.15, 0.2) is 0 Å². The van der Waals surface area contributed by atoms with Gasteiger partial charge < -0.3 is 10.1 Å². The Morgan fingerprint density at radius 2 is 2.50 bits per heavy atom. The first-order valence-corrected chi connectivity index (χ1v) is 4.59. The van der Waals surface area contributed by atoms with Gasteiger partial charge in [-0.15, -0.1) is 0 Å². The van der Waals surface area contributed by atoms with E-state index in [1.54, 1.807) is 0 Å². The number of piperidine rings is 1. The molecule has 12 heavy (non-hydrogen) atoms. The lowest BCUT2D eigenvalue weighted by molar-refractivity contribution is 0.142. The van der Waals surface area contributed by atoms with Crippen molar-refractivity contribution in [3.05, 3.63) is 0 Å². The highest BCUT2D eigenvalue weighted by Gasteiger charge is 2.11. The van der Waals surface area contributed by atoms with Crippen LogP contribution in [0, 0.1) is 17.2 Å². The molecule has 3 heteroatoms. The second kappa shape index (κ2) is 5.99. The van der Waals surface area contributed by atoms with Crippen LogP contribution in [0.4, 0.5) is 0 Å². The van der Waals surface area contributed by atoms with Crippen molar-refractivity contribution >= 4 is 0 Å². The summed E-state index contributed by atoms with van der Waals surface area (Å²) >= 11 is 0. The zero-order valence-electron chi connectivity index (χ0n) is 7.38. The van der Waals surface area contributed by atoms with Gasteiger partial charge in [0.1, 0.15) is 6.61 Å². The molecule has 0 aliphatic carbocycles. The van der Waals surface area contributed by atoms with Gasteiger partial charge in [0, 0.05) is 6.61 Å². The molecule has 68 valence electrons. The number of nitrogens with one attached hydrogen (secondary N) is 1. The van der Waals surface area contributed by atoms with E-state index < -0.39 is 0 Å². The van der Waals surface area contributed by atoms with E-state index in [0.29, 0.717) is 0 Å². The molecule has 1 aliphatic heterocycles. The number of nitrogens with zero attached hydrogens (tertiary/aromatic N) is 1. The molecule has 1 saturated heterocycles. The van der Waals surface area contributed by atoms with E-state index in [4.69, 9.17) is 10.00 Å². The molecular weight excluding hydrogens is 152 g/mol. The average molecular weight is 168 g/mol. The molecule has 1 fully saturated rings. The van der Waals surface area contributed by atoms with Crippen molar-refractivity contribution in [2.75, 3.05) is 26.3 Å². The normalized spacial score (nSPS) is 23.4.